The molecule has 1 amide bonds. The smallest absolute Gasteiger partial charge is 0.265 e. The summed E-state index contributed by atoms with van der Waals surface area (Å²) in [4.78, 5) is 12.1. The predicted octanol–water partition coefficient (Wildman–Crippen LogP) is 3.75. The van der Waals surface area contributed by atoms with Gasteiger partial charge in [0.25, 0.3) is 5.91 Å². The van der Waals surface area contributed by atoms with Crippen LogP contribution in [0.1, 0.15) is 6.92 Å². The van der Waals surface area contributed by atoms with Gasteiger partial charge in [-0.25, -0.2) is 0 Å². The standard InChI is InChI=1S/C16H16ClNO3/c1-11(21-15-8-3-5-12(17)9-15)16(19)18-13-6-4-7-14(10-13)20-2/h3-11H,1-2H3,(H,18,19)/t11-/m1/s1. The minimum atomic E-state index is -0.644. The maximum atomic E-state index is 12.1. The first-order valence-corrected chi connectivity index (χ1v) is 6.83. The van der Waals surface area contributed by atoms with Crippen molar-refractivity contribution in [2.24, 2.45) is 0 Å². The number of anilines is 1. The molecule has 0 aromatic heterocycles. The van der Waals surface area contributed by atoms with Crippen molar-refractivity contribution in [3.8, 4) is 11.5 Å². The van der Waals surface area contributed by atoms with Crippen LogP contribution in [0.4, 0.5) is 5.69 Å². The molecule has 0 radical (unpaired) electrons. The van der Waals surface area contributed by atoms with Gasteiger partial charge in [0.05, 0.1) is 7.11 Å². The van der Waals surface area contributed by atoms with Crippen LogP contribution in [0.5, 0.6) is 11.5 Å². The highest BCUT2D eigenvalue weighted by atomic mass is 35.5. The van der Waals surface area contributed by atoms with Crippen LogP contribution in [0, 0.1) is 0 Å². The summed E-state index contributed by atoms with van der Waals surface area (Å²) in [7, 11) is 1.58. The Morgan fingerprint density at radius 1 is 1.14 bits per heavy atom. The van der Waals surface area contributed by atoms with Gasteiger partial charge in [-0.2, -0.15) is 0 Å². The number of ether oxygens (including phenoxy) is 2. The Bertz CT molecular complexity index is 630. The van der Waals surface area contributed by atoms with Crippen molar-refractivity contribution >= 4 is 23.2 Å². The zero-order valence-corrected chi connectivity index (χ0v) is 12.6. The predicted molar refractivity (Wildman–Crippen MR) is 83.2 cm³/mol. The second-order valence-electron chi connectivity index (χ2n) is 4.44. The molecule has 4 nitrogen and oxygen atoms in total. The van der Waals surface area contributed by atoms with Crippen molar-refractivity contribution in [3.63, 3.8) is 0 Å². The molecule has 0 heterocycles. The van der Waals surface area contributed by atoms with E-state index in [1.807, 2.05) is 6.07 Å². The lowest BCUT2D eigenvalue weighted by atomic mass is 10.2. The SMILES string of the molecule is COc1cccc(NC(=O)[C@@H](C)Oc2cccc(Cl)c2)c1. The Morgan fingerprint density at radius 2 is 1.86 bits per heavy atom. The normalized spacial score (nSPS) is 11.6. The van der Waals surface area contributed by atoms with Gasteiger partial charge in [0, 0.05) is 16.8 Å². The zero-order valence-electron chi connectivity index (χ0n) is 11.8. The molecule has 1 atom stereocenters. The molecule has 1 N–H and O–H groups in total. The van der Waals surface area contributed by atoms with Crippen molar-refractivity contribution in [2.45, 2.75) is 13.0 Å². The molecule has 0 aliphatic heterocycles. The highest BCUT2D eigenvalue weighted by Gasteiger charge is 2.15. The molecule has 0 fully saturated rings. The number of hydrogen-bond acceptors (Lipinski definition) is 3. The van der Waals surface area contributed by atoms with Gasteiger partial charge in [-0.15, -0.1) is 0 Å². The average Bonchev–Trinajstić information content (AvgIpc) is 2.47. The molecule has 110 valence electrons. The topological polar surface area (TPSA) is 47.6 Å². The molecule has 2 rings (SSSR count). The van der Waals surface area contributed by atoms with Crippen molar-refractivity contribution in [3.05, 3.63) is 53.6 Å². The number of hydrogen-bond donors (Lipinski definition) is 1. The Labute approximate surface area is 128 Å². The van der Waals surface area contributed by atoms with Crippen LogP contribution in [0.2, 0.25) is 5.02 Å². The van der Waals surface area contributed by atoms with E-state index in [9.17, 15) is 4.79 Å². The summed E-state index contributed by atoms with van der Waals surface area (Å²) < 4.78 is 10.7. The van der Waals surface area contributed by atoms with Crippen molar-refractivity contribution in [1.29, 1.82) is 0 Å². The van der Waals surface area contributed by atoms with Gasteiger partial charge >= 0.3 is 0 Å². The van der Waals surface area contributed by atoms with Crippen LogP contribution in [0.3, 0.4) is 0 Å². The van der Waals surface area contributed by atoms with E-state index in [2.05, 4.69) is 5.32 Å². The van der Waals surface area contributed by atoms with E-state index in [1.165, 1.54) is 0 Å². The molecule has 0 aliphatic rings. The van der Waals surface area contributed by atoms with Gasteiger partial charge in [-0.1, -0.05) is 23.7 Å². The molecular formula is C16H16ClNO3. The fourth-order valence-electron chi connectivity index (χ4n) is 1.74. The first kappa shape index (κ1) is 15.2. The lowest BCUT2D eigenvalue weighted by Gasteiger charge is -2.15. The number of nitrogens with one attached hydrogen (secondary N) is 1. The fraction of sp³-hybridized carbons (Fsp3) is 0.188. The summed E-state index contributed by atoms with van der Waals surface area (Å²) in [6.45, 7) is 1.68. The number of benzene rings is 2. The third kappa shape index (κ3) is 4.39. The number of methoxy groups -OCH3 is 1. The Kier molecular flexibility index (Phi) is 5.06. The zero-order chi connectivity index (χ0) is 15.2. The Morgan fingerprint density at radius 3 is 2.57 bits per heavy atom. The molecule has 21 heavy (non-hydrogen) atoms. The summed E-state index contributed by atoms with van der Waals surface area (Å²) in [5, 5.41) is 3.34. The minimum absolute atomic E-state index is 0.247. The molecule has 0 bridgehead atoms. The number of amides is 1. The summed E-state index contributed by atoms with van der Waals surface area (Å²) in [6, 6.07) is 14.1. The third-order valence-electron chi connectivity index (χ3n) is 2.82. The second kappa shape index (κ2) is 6.99. The highest BCUT2D eigenvalue weighted by molar-refractivity contribution is 6.30. The van der Waals surface area contributed by atoms with Gasteiger partial charge in [-0.3, -0.25) is 4.79 Å². The van der Waals surface area contributed by atoms with Gasteiger partial charge in [0.15, 0.2) is 6.10 Å². The first-order valence-electron chi connectivity index (χ1n) is 6.45. The number of carbonyl (C=O) groups excluding carboxylic acids is 1. The minimum Gasteiger partial charge on any atom is -0.497 e. The lowest BCUT2D eigenvalue weighted by molar-refractivity contribution is -0.122. The molecular weight excluding hydrogens is 290 g/mol. The molecule has 5 heteroatoms. The average molecular weight is 306 g/mol. The molecule has 0 saturated heterocycles. The van der Waals surface area contributed by atoms with Gasteiger partial charge in [0.1, 0.15) is 11.5 Å². The van der Waals surface area contributed by atoms with Crippen LogP contribution in [-0.2, 0) is 4.79 Å². The first-order chi connectivity index (χ1) is 10.1. The van der Waals surface area contributed by atoms with E-state index in [0.717, 1.165) is 0 Å². The van der Waals surface area contributed by atoms with Crippen LogP contribution < -0.4 is 14.8 Å². The van der Waals surface area contributed by atoms with E-state index in [-0.39, 0.29) is 5.91 Å². The number of carbonyl (C=O) groups is 1. The quantitative estimate of drug-likeness (QED) is 0.915. The lowest BCUT2D eigenvalue weighted by Crippen LogP contribution is -2.30. The molecule has 2 aromatic rings. The number of halogens is 1. The van der Waals surface area contributed by atoms with Crippen molar-refractivity contribution in [2.75, 3.05) is 12.4 Å². The molecule has 0 saturated carbocycles. The third-order valence-corrected chi connectivity index (χ3v) is 3.05. The van der Waals surface area contributed by atoms with E-state index < -0.39 is 6.10 Å². The maximum absolute atomic E-state index is 12.1. The number of rotatable bonds is 5. The van der Waals surface area contributed by atoms with Gasteiger partial charge in [-0.05, 0) is 37.3 Å². The highest BCUT2D eigenvalue weighted by Crippen LogP contribution is 2.20. The monoisotopic (exact) mass is 305 g/mol. The van der Waals surface area contributed by atoms with Gasteiger partial charge in [0.2, 0.25) is 0 Å². The Balaban J connectivity index is 1.99. The van der Waals surface area contributed by atoms with E-state index in [1.54, 1.807) is 56.5 Å². The maximum Gasteiger partial charge on any atom is 0.265 e. The summed E-state index contributed by atoms with van der Waals surface area (Å²) in [5.74, 6) is 0.982. The summed E-state index contributed by atoms with van der Waals surface area (Å²) in [6.07, 6.45) is -0.644. The molecule has 0 aliphatic carbocycles. The van der Waals surface area contributed by atoms with Crippen molar-refractivity contribution in [1.82, 2.24) is 0 Å². The largest absolute Gasteiger partial charge is 0.497 e. The van der Waals surface area contributed by atoms with Crippen LogP contribution in [0.25, 0.3) is 0 Å². The van der Waals surface area contributed by atoms with Gasteiger partial charge < -0.3 is 14.8 Å². The van der Waals surface area contributed by atoms with Crippen LogP contribution in [-0.4, -0.2) is 19.1 Å². The summed E-state index contributed by atoms with van der Waals surface area (Å²) in [5.41, 5.74) is 0.654. The van der Waals surface area contributed by atoms with E-state index in [4.69, 9.17) is 21.1 Å². The molecule has 0 spiro atoms. The van der Waals surface area contributed by atoms with Crippen LogP contribution in [0.15, 0.2) is 48.5 Å². The summed E-state index contributed by atoms with van der Waals surface area (Å²) >= 11 is 5.88. The Hall–Kier alpha value is -2.20. The van der Waals surface area contributed by atoms with Crippen LogP contribution >= 0.6 is 11.6 Å². The fourth-order valence-corrected chi connectivity index (χ4v) is 1.92. The van der Waals surface area contributed by atoms with E-state index in [0.29, 0.717) is 22.2 Å². The molecule has 2 aromatic carbocycles. The van der Waals surface area contributed by atoms with Crippen molar-refractivity contribution < 1.29 is 14.3 Å². The molecule has 0 unspecified atom stereocenters. The van der Waals surface area contributed by atoms with E-state index >= 15 is 0 Å². The second-order valence-corrected chi connectivity index (χ2v) is 4.88.